The molecule has 0 spiro atoms. The fourth-order valence-electron chi connectivity index (χ4n) is 4.47. The molecule has 2 saturated heterocycles. The molecule has 1 amide bonds. The molecule has 2 aliphatic heterocycles. The summed E-state index contributed by atoms with van der Waals surface area (Å²) in [6, 6.07) is 9.90. The average molecular weight is 491 g/mol. The lowest BCUT2D eigenvalue weighted by atomic mass is 10.1. The number of carbonyl (C=O) groups excluding carboxylic acids is 1. The summed E-state index contributed by atoms with van der Waals surface area (Å²) in [4.78, 5) is 30.7. The van der Waals surface area contributed by atoms with Gasteiger partial charge in [0.1, 0.15) is 6.26 Å². The maximum Gasteiger partial charge on any atom is 0.300 e. The van der Waals surface area contributed by atoms with Crippen LogP contribution in [0.2, 0.25) is 0 Å². The van der Waals surface area contributed by atoms with Crippen LogP contribution < -0.4 is 15.1 Å². The second kappa shape index (κ2) is 9.25. The number of aromatic nitrogens is 3. The van der Waals surface area contributed by atoms with E-state index in [2.05, 4.69) is 15.3 Å². The van der Waals surface area contributed by atoms with Crippen molar-refractivity contribution in [3.63, 3.8) is 0 Å². The smallest absolute Gasteiger partial charge is 0.300 e. The first kappa shape index (κ1) is 22.5. The van der Waals surface area contributed by atoms with Crippen LogP contribution in [0.15, 0.2) is 45.4 Å². The van der Waals surface area contributed by atoms with E-state index >= 15 is 0 Å². The summed E-state index contributed by atoms with van der Waals surface area (Å²) in [6.45, 7) is 5.57. The second-order valence-corrected chi connectivity index (χ2v) is 9.03. The van der Waals surface area contributed by atoms with Crippen LogP contribution in [0.5, 0.6) is 0 Å². The predicted octanol–water partition coefficient (Wildman–Crippen LogP) is 2.85. The van der Waals surface area contributed by atoms with Gasteiger partial charge in [0.05, 0.1) is 25.0 Å². The average Bonchev–Trinajstić information content (AvgIpc) is 3.63. The summed E-state index contributed by atoms with van der Waals surface area (Å²) < 4.78 is 17.0. The molecule has 36 heavy (non-hydrogen) atoms. The molecule has 6 rings (SSSR count). The highest BCUT2D eigenvalue weighted by Crippen LogP contribution is 2.33. The van der Waals surface area contributed by atoms with Gasteiger partial charge >= 0.3 is 0 Å². The number of carbonyl (C=O) groups is 1. The van der Waals surface area contributed by atoms with Crippen molar-refractivity contribution in [2.45, 2.75) is 19.4 Å². The van der Waals surface area contributed by atoms with E-state index in [1.54, 1.807) is 6.07 Å². The van der Waals surface area contributed by atoms with Crippen molar-refractivity contribution in [2.24, 2.45) is 0 Å². The van der Waals surface area contributed by atoms with Crippen LogP contribution in [0.3, 0.4) is 0 Å². The fourth-order valence-corrected chi connectivity index (χ4v) is 4.47. The van der Waals surface area contributed by atoms with Crippen molar-refractivity contribution < 1.29 is 23.5 Å². The lowest BCUT2D eigenvalue weighted by Gasteiger charge is -2.24. The van der Waals surface area contributed by atoms with Crippen molar-refractivity contribution >= 4 is 34.7 Å². The van der Waals surface area contributed by atoms with Crippen LogP contribution in [0.25, 0.3) is 22.7 Å². The number of morpholine rings is 1. The Hall–Kier alpha value is -3.96. The number of anilines is 3. The highest BCUT2D eigenvalue weighted by molar-refractivity contribution is 6.05. The van der Waals surface area contributed by atoms with Gasteiger partial charge < -0.3 is 33.8 Å². The highest BCUT2D eigenvalue weighted by Gasteiger charge is 2.27. The van der Waals surface area contributed by atoms with Gasteiger partial charge in [-0.2, -0.15) is 4.98 Å². The number of β-amino-alcohol motifs (C(OH)–C–C–N with tert-alkyl or cyclic N) is 1. The van der Waals surface area contributed by atoms with E-state index in [1.165, 1.54) is 6.26 Å². The third-order valence-corrected chi connectivity index (χ3v) is 6.35. The number of amides is 1. The zero-order valence-corrected chi connectivity index (χ0v) is 19.8. The molecule has 3 aromatic heterocycles. The first-order chi connectivity index (χ1) is 17.5. The van der Waals surface area contributed by atoms with E-state index in [9.17, 15) is 9.90 Å². The zero-order valence-electron chi connectivity index (χ0n) is 19.8. The normalized spacial score (nSPS) is 18.2. The quantitative estimate of drug-likeness (QED) is 0.431. The third kappa shape index (κ3) is 4.38. The molecule has 4 aromatic rings. The molecular formula is C25H26N6O5. The largest absolute Gasteiger partial charge is 0.444 e. The Morgan fingerprint density at radius 1 is 1.11 bits per heavy atom. The molecule has 0 saturated carbocycles. The van der Waals surface area contributed by atoms with Crippen LogP contribution in [0, 0.1) is 6.92 Å². The molecule has 186 valence electrons. The van der Waals surface area contributed by atoms with Crippen LogP contribution in [0.4, 0.5) is 17.5 Å². The topological polar surface area (TPSA) is 130 Å². The molecule has 2 aliphatic rings. The fraction of sp³-hybridized carbons (Fsp3) is 0.360. The van der Waals surface area contributed by atoms with Gasteiger partial charge in [-0.05, 0) is 25.5 Å². The van der Waals surface area contributed by atoms with Gasteiger partial charge in [-0.25, -0.2) is 9.97 Å². The Morgan fingerprint density at radius 3 is 2.75 bits per heavy atom. The van der Waals surface area contributed by atoms with Crippen LogP contribution in [-0.4, -0.2) is 71.5 Å². The zero-order chi connectivity index (χ0) is 24.6. The number of fused-ring (bicyclic) bond motifs is 1. The molecule has 1 atom stereocenters. The highest BCUT2D eigenvalue weighted by atomic mass is 16.5. The molecule has 2 fully saturated rings. The SMILES string of the molecule is Cc1cccc(-c2nc(C(=O)Nc3cc4oc(N5CCOCC5)nc4nc3N3CC[C@H](O)C3)co2)c1. The number of rotatable bonds is 5. The molecule has 11 heteroatoms. The molecular weight excluding hydrogens is 464 g/mol. The number of hydrogen-bond donors (Lipinski definition) is 2. The van der Waals surface area contributed by atoms with Crippen LogP contribution >= 0.6 is 0 Å². The van der Waals surface area contributed by atoms with Crippen molar-refractivity contribution in [3.8, 4) is 11.5 Å². The van der Waals surface area contributed by atoms with Crippen molar-refractivity contribution in [1.29, 1.82) is 0 Å². The van der Waals surface area contributed by atoms with E-state index in [0.29, 0.717) is 80.5 Å². The van der Waals surface area contributed by atoms with Gasteiger partial charge in [0.2, 0.25) is 11.5 Å². The minimum atomic E-state index is -0.459. The van der Waals surface area contributed by atoms with E-state index in [0.717, 1.165) is 11.1 Å². The van der Waals surface area contributed by atoms with Gasteiger partial charge in [-0.3, -0.25) is 4.79 Å². The van der Waals surface area contributed by atoms with Crippen molar-refractivity contribution in [2.75, 3.05) is 54.5 Å². The molecule has 0 bridgehead atoms. The summed E-state index contributed by atoms with van der Waals surface area (Å²) in [5, 5.41) is 13.0. The maximum absolute atomic E-state index is 13.1. The molecule has 0 unspecified atom stereocenters. The van der Waals surface area contributed by atoms with Crippen LogP contribution in [-0.2, 0) is 4.74 Å². The third-order valence-electron chi connectivity index (χ3n) is 6.35. The van der Waals surface area contributed by atoms with Gasteiger partial charge in [-0.1, -0.05) is 17.7 Å². The number of pyridine rings is 1. The number of ether oxygens (including phenoxy) is 1. The lowest BCUT2D eigenvalue weighted by Crippen LogP contribution is -2.36. The first-order valence-corrected chi connectivity index (χ1v) is 11.9. The number of aliphatic hydroxyl groups is 1. The molecule has 0 aliphatic carbocycles. The summed E-state index contributed by atoms with van der Waals surface area (Å²) in [6.07, 6.45) is 1.50. The van der Waals surface area contributed by atoms with Gasteiger partial charge in [-0.15, -0.1) is 0 Å². The minimum Gasteiger partial charge on any atom is -0.444 e. The van der Waals surface area contributed by atoms with Crippen molar-refractivity contribution in [1.82, 2.24) is 15.0 Å². The Labute approximate surface area is 206 Å². The summed E-state index contributed by atoms with van der Waals surface area (Å²) in [5.74, 6) is 0.454. The summed E-state index contributed by atoms with van der Waals surface area (Å²) in [7, 11) is 0. The first-order valence-electron chi connectivity index (χ1n) is 11.9. The van der Waals surface area contributed by atoms with Gasteiger partial charge in [0.15, 0.2) is 17.1 Å². The summed E-state index contributed by atoms with van der Waals surface area (Å²) >= 11 is 0. The number of aliphatic hydroxyl groups excluding tert-OH is 1. The minimum absolute atomic E-state index is 0.144. The Morgan fingerprint density at radius 2 is 1.97 bits per heavy atom. The number of nitrogens with zero attached hydrogens (tertiary/aromatic N) is 5. The number of aryl methyl sites for hydroxylation is 1. The number of oxazole rings is 2. The second-order valence-electron chi connectivity index (χ2n) is 9.03. The van der Waals surface area contributed by atoms with Crippen LogP contribution in [0.1, 0.15) is 22.5 Å². The molecule has 5 heterocycles. The Bertz CT molecular complexity index is 1410. The number of benzene rings is 1. The Balaban J connectivity index is 1.31. The van der Waals surface area contributed by atoms with Gasteiger partial charge in [0.25, 0.3) is 11.9 Å². The molecule has 0 radical (unpaired) electrons. The van der Waals surface area contributed by atoms with E-state index in [4.69, 9.17) is 18.6 Å². The lowest BCUT2D eigenvalue weighted by molar-refractivity contribution is 0.102. The Kier molecular flexibility index (Phi) is 5.78. The monoisotopic (exact) mass is 490 g/mol. The molecule has 1 aromatic carbocycles. The van der Waals surface area contributed by atoms with E-state index in [1.807, 2.05) is 41.0 Å². The number of nitrogens with one attached hydrogen (secondary N) is 1. The molecule has 2 N–H and O–H groups in total. The van der Waals surface area contributed by atoms with E-state index < -0.39 is 12.0 Å². The number of hydrogen-bond acceptors (Lipinski definition) is 10. The predicted molar refractivity (Wildman–Crippen MR) is 132 cm³/mol. The van der Waals surface area contributed by atoms with E-state index in [-0.39, 0.29) is 5.69 Å². The maximum atomic E-state index is 13.1. The van der Waals surface area contributed by atoms with Gasteiger partial charge in [0, 0.05) is 37.8 Å². The van der Waals surface area contributed by atoms with Crippen molar-refractivity contribution in [3.05, 3.63) is 47.9 Å². The summed E-state index contributed by atoms with van der Waals surface area (Å²) in [5.41, 5.74) is 3.35. The standard InChI is InChI=1S/C25H26N6O5/c1-15-3-2-4-16(11-15)24-27-19(14-35-24)23(33)26-18-12-20-21(28-22(18)31-6-5-17(32)13-31)29-25(36-20)30-7-9-34-10-8-30/h2-4,11-12,14,17,32H,5-10,13H2,1H3,(H,26,33)/t17-/m0/s1. The molecule has 11 nitrogen and oxygen atoms in total.